The van der Waals surface area contributed by atoms with Gasteiger partial charge in [0.15, 0.2) is 0 Å². The summed E-state index contributed by atoms with van der Waals surface area (Å²) < 4.78 is 0. The van der Waals surface area contributed by atoms with E-state index >= 15 is 0 Å². The van der Waals surface area contributed by atoms with Crippen LogP contribution in [0.15, 0.2) is 67.0 Å². The number of aromatic nitrogens is 1. The van der Waals surface area contributed by atoms with Crippen LogP contribution in [0, 0.1) is 0 Å². The van der Waals surface area contributed by atoms with E-state index in [2.05, 4.69) is 4.98 Å². The molecule has 2 amide bonds. The maximum absolute atomic E-state index is 13.1. The van der Waals surface area contributed by atoms with Crippen molar-refractivity contribution in [2.75, 3.05) is 11.9 Å². The Balaban J connectivity index is 1.71. The zero-order valence-corrected chi connectivity index (χ0v) is 15.3. The average molecular weight is 378 g/mol. The largest absolute Gasteiger partial charge is 0.344 e. The van der Waals surface area contributed by atoms with Gasteiger partial charge in [-0.15, -0.1) is 0 Å². The second kappa shape index (κ2) is 6.85. The van der Waals surface area contributed by atoms with Gasteiger partial charge < -0.3 is 4.90 Å². The van der Waals surface area contributed by atoms with Gasteiger partial charge >= 0.3 is 0 Å². The van der Waals surface area contributed by atoms with E-state index in [0.717, 1.165) is 11.3 Å². The van der Waals surface area contributed by atoms with E-state index in [1.807, 2.05) is 36.2 Å². The lowest BCUT2D eigenvalue weighted by molar-refractivity contribution is 0.0642. The first-order valence-electron chi connectivity index (χ1n) is 8.43. The fraction of sp³-hybridized carbons (Fsp3) is 0.0952. The molecule has 0 unspecified atom stereocenters. The third-order valence-corrected chi connectivity index (χ3v) is 4.87. The highest BCUT2D eigenvalue weighted by Crippen LogP contribution is 2.35. The second-order valence-corrected chi connectivity index (χ2v) is 6.73. The first kappa shape index (κ1) is 17.2. The van der Waals surface area contributed by atoms with Gasteiger partial charge in [-0.1, -0.05) is 23.7 Å². The van der Waals surface area contributed by atoms with Gasteiger partial charge in [-0.25, -0.2) is 0 Å². The van der Waals surface area contributed by atoms with Crippen molar-refractivity contribution in [3.8, 4) is 0 Å². The molecule has 134 valence electrons. The highest BCUT2D eigenvalue weighted by atomic mass is 35.5. The van der Waals surface area contributed by atoms with Gasteiger partial charge in [0.2, 0.25) is 0 Å². The standard InChI is InChI=1S/C21H16ClN3O2/c1-24(16-9-7-15(22)8-10-16)18-6-2-5-17-19(18)21(27)25(20(17)26)13-14-4-3-11-23-12-14/h2-12H,13H2,1H3. The van der Waals surface area contributed by atoms with Crippen LogP contribution in [0.2, 0.25) is 5.02 Å². The van der Waals surface area contributed by atoms with Crippen molar-refractivity contribution < 1.29 is 9.59 Å². The highest BCUT2D eigenvalue weighted by molar-refractivity contribution is 6.30. The normalized spacial score (nSPS) is 13.0. The van der Waals surface area contributed by atoms with Crippen molar-refractivity contribution in [2.24, 2.45) is 0 Å². The molecule has 6 heteroatoms. The number of nitrogens with zero attached hydrogens (tertiary/aromatic N) is 3. The number of hydrogen-bond acceptors (Lipinski definition) is 4. The lowest BCUT2D eigenvalue weighted by Crippen LogP contribution is -2.29. The van der Waals surface area contributed by atoms with E-state index < -0.39 is 0 Å². The molecule has 1 aliphatic rings. The molecule has 3 aromatic rings. The van der Waals surface area contributed by atoms with Gasteiger partial charge in [0.05, 0.1) is 23.4 Å². The minimum absolute atomic E-state index is 0.199. The summed E-state index contributed by atoms with van der Waals surface area (Å²) in [6.45, 7) is 0.199. The van der Waals surface area contributed by atoms with Crippen LogP contribution in [-0.2, 0) is 6.54 Å². The summed E-state index contributed by atoms with van der Waals surface area (Å²) in [7, 11) is 1.86. The molecule has 0 fully saturated rings. The Morgan fingerprint density at radius 3 is 2.48 bits per heavy atom. The molecule has 1 aromatic heterocycles. The van der Waals surface area contributed by atoms with Crippen LogP contribution in [-0.4, -0.2) is 28.7 Å². The zero-order valence-electron chi connectivity index (χ0n) is 14.6. The quantitative estimate of drug-likeness (QED) is 0.636. The molecule has 0 N–H and O–H groups in total. The predicted molar refractivity (Wildman–Crippen MR) is 104 cm³/mol. The molecule has 0 radical (unpaired) electrons. The summed E-state index contributed by atoms with van der Waals surface area (Å²) in [6, 6.07) is 16.3. The molecule has 2 heterocycles. The van der Waals surface area contributed by atoms with Crippen molar-refractivity contribution in [1.82, 2.24) is 9.88 Å². The zero-order chi connectivity index (χ0) is 19.0. The SMILES string of the molecule is CN(c1ccc(Cl)cc1)c1cccc2c1C(=O)N(Cc1cccnc1)C2=O. The van der Waals surface area contributed by atoms with Gasteiger partial charge in [0.25, 0.3) is 11.8 Å². The van der Waals surface area contributed by atoms with E-state index in [-0.39, 0.29) is 18.4 Å². The molecule has 0 spiro atoms. The molecular formula is C21H16ClN3O2. The van der Waals surface area contributed by atoms with Gasteiger partial charge in [0.1, 0.15) is 0 Å². The molecule has 0 aliphatic carbocycles. The van der Waals surface area contributed by atoms with Crippen LogP contribution in [0.3, 0.4) is 0 Å². The summed E-state index contributed by atoms with van der Waals surface area (Å²) in [5.74, 6) is -0.583. The Labute approximate surface area is 161 Å². The van der Waals surface area contributed by atoms with Crippen molar-refractivity contribution in [1.29, 1.82) is 0 Å². The van der Waals surface area contributed by atoms with Crippen LogP contribution in [0.4, 0.5) is 11.4 Å². The number of halogens is 1. The third kappa shape index (κ3) is 3.06. The Bertz CT molecular complexity index is 1020. The van der Waals surface area contributed by atoms with E-state index in [0.29, 0.717) is 21.8 Å². The lowest BCUT2D eigenvalue weighted by atomic mass is 10.1. The van der Waals surface area contributed by atoms with E-state index in [1.165, 1.54) is 4.90 Å². The Hall–Kier alpha value is -3.18. The predicted octanol–water partition coefficient (Wildman–Crippen LogP) is 4.30. The fourth-order valence-corrected chi connectivity index (χ4v) is 3.34. The van der Waals surface area contributed by atoms with Gasteiger partial charge in [-0.05, 0) is 48.0 Å². The molecular weight excluding hydrogens is 362 g/mol. The number of carbonyl (C=O) groups is 2. The topological polar surface area (TPSA) is 53.5 Å². The molecule has 0 bridgehead atoms. The number of rotatable bonds is 4. The number of pyridine rings is 1. The first-order valence-corrected chi connectivity index (χ1v) is 8.81. The molecule has 27 heavy (non-hydrogen) atoms. The van der Waals surface area contributed by atoms with E-state index in [9.17, 15) is 9.59 Å². The number of fused-ring (bicyclic) bond motifs is 1. The van der Waals surface area contributed by atoms with Crippen LogP contribution in [0.25, 0.3) is 0 Å². The minimum atomic E-state index is -0.296. The summed E-state index contributed by atoms with van der Waals surface area (Å²) in [5.41, 5.74) is 3.20. The Morgan fingerprint density at radius 1 is 1.00 bits per heavy atom. The van der Waals surface area contributed by atoms with Crippen molar-refractivity contribution in [3.05, 3.63) is 88.7 Å². The van der Waals surface area contributed by atoms with E-state index in [4.69, 9.17) is 11.6 Å². The molecule has 0 atom stereocenters. The van der Waals surface area contributed by atoms with Crippen molar-refractivity contribution >= 4 is 34.8 Å². The molecule has 2 aromatic carbocycles. The number of hydrogen-bond donors (Lipinski definition) is 0. The Kier molecular flexibility index (Phi) is 4.38. The fourth-order valence-electron chi connectivity index (χ4n) is 3.22. The first-order chi connectivity index (χ1) is 13.1. The van der Waals surface area contributed by atoms with Gasteiger partial charge in [-0.2, -0.15) is 0 Å². The number of imide groups is 1. The second-order valence-electron chi connectivity index (χ2n) is 6.29. The maximum Gasteiger partial charge on any atom is 0.263 e. The number of carbonyl (C=O) groups excluding carboxylic acids is 2. The lowest BCUT2D eigenvalue weighted by Gasteiger charge is -2.22. The monoisotopic (exact) mass is 377 g/mol. The number of benzene rings is 2. The van der Waals surface area contributed by atoms with Crippen LogP contribution in [0.1, 0.15) is 26.3 Å². The maximum atomic E-state index is 13.1. The molecule has 0 saturated heterocycles. The van der Waals surface area contributed by atoms with Crippen LogP contribution in [0.5, 0.6) is 0 Å². The number of amides is 2. The molecule has 5 nitrogen and oxygen atoms in total. The summed E-state index contributed by atoms with van der Waals surface area (Å²) in [6.07, 6.45) is 3.31. The summed E-state index contributed by atoms with van der Waals surface area (Å²) >= 11 is 5.97. The van der Waals surface area contributed by atoms with Crippen molar-refractivity contribution in [2.45, 2.75) is 6.54 Å². The van der Waals surface area contributed by atoms with Gasteiger partial charge in [-0.3, -0.25) is 19.5 Å². The van der Waals surface area contributed by atoms with Crippen molar-refractivity contribution in [3.63, 3.8) is 0 Å². The molecule has 0 saturated carbocycles. The Morgan fingerprint density at radius 2 is 1.78 bits per heavy atom. The average Bonchev–Trinajstić information content (AvgIpc) is 2.94. The number of anilines is 2. The van der Waals surface area contributed by atoms with Crippen LogP contribution >= 0.6 is 11.6 Å². The minimum Gasteiger partial charge on any atom is -0.344 e. The van der Waals surface area contributed by atoms with E-state index in [1.54, 1.807) is 42.7 Å². The van der Waals surface area contributed by atoms with Crippen LogP contribution < -0.4 is 4.90 Å². The highest BCUT2D eigenvalue weighted by Gasteiger charge is 2.38. The van der Waals surface area contributed by atoms with Gasteiger partial charge in [0, 0.05) is 30.2 Å². The third-order valence-electron chi connectivity index (χ3n) is 4.62. The molecule has 4 rings (SSSR count). The smallest absolute Gasteiger partial charge is 0.263 e. The summed E-state index contributed by atoms with van der Waals surface area (Å²) in [5, 5.41) is 0.638. The molecule has 1 aliphatic heterocycles. The summed E-state index contributed by atoms with van der Waals surface area (Å²) in [4.78, 5) is 33.1.